The summed E-state index contributed by atoms with van der Waals surface area (Å²) in [7, 11) is 0. The fourth-order valence-corrected chi connectivity index (χ4v) is 0.677. The molecule has 0 aliphatic carbocycles. The Labute approximate surface area is 84.1 Å². The summed E-state index contributed by atoms with van der Waals surface area (Å²) in [6, 6.07) is 4.19. The predicted molar refractivity (Wildman–Crippen MR) is 33.1 cm³/mol. The van der Waals surface area contributed by atoms with Crippen LogP contribution in [0.2, 0.25) is 5.15 Å². The zero-order chi connectivity index (χ0) is 8.48. The fraction of sp³-hybridized carbons (Fsp3) is 0.167. The Morgan fingerprint density at radius 3 is 2.33 bits per heavy atom. The molecule has 0 spiro atoms. The Balaban J connectivity index is 0.00000121. The number of hydrogen-bond donors (Lipinski definition) is 0. The van der Waals surface area contributed by atoms with E-state index in [-0.39, 0.29) is 24.0 Å². The molecule has 60 valence electrons. The van der Waals surface area contributed by atoms with E-state index in [4.69, 9.17) is 11.6 Å². The van der Waals surface area contributed by atoms with Crippen molar-refractivity contribution >= 4 is 11.6 Å². The standard InChI is InChI=1S/C6H2ClF3N.Li/c7-5-3-1-2-4(11-5)6(8,9)10;/h1-2H;/q-1;+1. The number of aromatic nitrogens is 1. The van der Waals surface area contributed by atoms with Crippen LogP contribution in [-0.4, -0.2) is 4.98 Å². The van der Waals surface area contributed by atoms with E-state index >= 15 is 0 Å². The minimum absolute atomic E-state index is 0. The van der Waals surface area contributed by atoms with Crippen LogP contribution in [0.5, 0.6) is 0 Å². The maximum absolute atomic E-state index is 11.8. The van der Waals surface area contributed by atoms with Crippen LogP contribution in [0.15, 0.2) is 12.1 Å². The molecular weight excluding hydrogens is 185 g/mol. The number of pyridine rings is 1. The molecule has 1 aromatic heterocycles. The Hall–Kier alpha value is -0.173. The van der Waals surface area contributed by atoms with Crippen LogP contribution in [0, 0.1) is 6.07 Å². The van der Waals surface area contributed by atoms with Gasteiger partial charge in [0, 0.05) is 5.15 Å². The van der Waals surface area contributed by atoms with Crippen LogP contribution < -0.4 is 18.9 Å². The van der Waals surface area contributed by atoms with E-state index in [0.29, 0.717) is 0 Å². The molecule has 0 fully saturated rings. The molecule has 1 heterocycles. The van der Waals surface area contributed by atoms with Gasteiger partial charge in [-0.2, -0.15) is 19.2 Å². The van der Waals surface area contributed by atoms with E-state index in [1.54, 1.807) is 0 Å². The number of rotatable bonds is 0. The fourth-order valence-electron chi connectivity index (χ4n) is 0.523. The molecule has 0 radical (unpaired) electrons. The van der Waals surface area contributed by atoms with Gasteiger partial charge in [-0.15, -0.1) is 0 Å². The summed E-state index contributed by atoms with van der Waals surface area (Å²) >= 11 is 5.18. The van der Waals surface area contributed by atoms with Crippen LogP contribution in [0.1, 0.15) is 5.69 Å². The van der Waals surface area contributed by atoms with Gasteiger partial charge < -0.3 is 0 Å². The third kappa shape index (κ3) is 3.06. The van der Waals surface area contributed by atoms with Gasteiger partial charge in [-0.1, -0.05) is 11.6 Å². The number of halogens is 4. The van der Waals surface area contributed by atoms with Gasteiger partial charge in [0.15, 0.2) is 0 Å². The van der Waals surface area contributed by atoms with Gasteiger partial charge in [-0.25, -0.2) is 12.1 Å². The summed E-state index contributed by atoms with van der Waals surface area (Å²) in [4.78, 5) is 3.03. The van der Waals surface area contributed by atoms with Gasteiger partial charge in [0.1, 0.15) is 0 Å². The minimum Gasteiger partial charge on any atom is -0.272 e. The van der Waals surface area contributed by atoms with Gasteiger partial charge in [0.25, 0.3) is 0 Å². The summed E-state index contributed by atoms with van der Waals surface area (Å²) in [6.45, 7) is 0. The van der Waals surface area contributed by atoms with Crippen LogP contribution in [0.3, 0.4) is 0 Å². The molecule has 0 N–H and O–H groups in total. The Morgan fingerprint density at radius 1 is 1.42 bits per heavy atom. The number of nitrogens with zero attached hydrogens (tertiary/aromatic N) is 1. The van der Waals surface area contributed by atoms with E-state index in [9.17, 15) is 13.2 Å². The first-order valence-corrected chi connectivity index (χ1v) is 2.99. The first kappa shape index (κ1) is 11.8. The molecule has 1 aromatic rings. The van der Waals surface area contributed by atoms with Crippen LogP contribution in [-0.2, 0) is 6.18 Å². The second-order valence-electron chi connectivity index (χ2n) is 1.76. The minimum atomic E-state index is -4.43. The van der Waals surface area contributed by atoms with E-state index in [0.717, 1.165) is 12.1 Å². The smallest absolute Gasteiger partial charge is 0.272 e. The van der Waals surface area contributed by atoms with Gasteiger partial charge in [-0.05, 0) is 0 Å². The molecule has 0 amide bonds. The normalized spacial score (nSPS) is 10.7. The molecule has 0 atom stereocenters. The predicted octanol–water partition coefficient (Wildman–Crippen LogP) is -0.442. The van der Waals surface area contributed by atoms with E-state index < -0.39 is 11.9 Å². The Morgan fingerprint density at radius 2 is 2.00 bits per heavy atom. The summed E-state index contributed by atoms with van der Waals surface area (Å²) in [5, 5.41) is -0.278. The third-order valence-corrected chi connectivity index (χ3v) is 1.15. The third-order valence-electron chi connectivity index (χ3n) is 0.953. The molecule has 0 aliphatic rings. The maximum Gasteiger partial charge on any atom is 1.00 e. The average Bonchev–Trinajstić information content (AvgIpc) is 1.86. The average molecular weight is 187 g/mol. The van der Waals surface area contributed by atoms with Crippen molar-refractivity contribution in [2.75, 3.05) is 0 Å². The summed E-state index contributed by atoms with van der Waals surface area (Å²) in [5.41, 5.74) is -0.999. The first-order chi connectivity index (χ1) is 5.00. The van der Waals surface area contributed by atoms with Crippen molar-refractivity contribution in [2.24, 2.45) is 0 Å². The van der Waals surface area contributed by atoms with E-state index in [1.165, 1.54) is 0 Å². The summed E-state index contributed by atoms with van der Waals surface area (Å²) in [5.74, 6) is 0. The molecule has 0 unspecified atom stereocenters. The van der Waals surface area contributed by atoms with Crippen LogP contribution in [0.4, 0.5) is 13.2 Å². The van der Waals surface area contributed by atoms with Crippen molar-refractivity contribution in [1.82, 2.24) is 4.98 Å². The zero-order valence-corrected chi connectivity index (χ0v) is 6.87. The van der Waals surface area contributed by atoms with Crippen molar-refractivity contribution in [2.45, 2.75) is 6.18 Å². The molecule has 0 bridgehead atoms. The van der Waals surface area contributed by atoms with Crippen LogP contribution >= 0.6 is 11.6 Å². The second kappa shape index (κ2) is 4.17. The largest absolute Gasteiger partial charge is 1.00 e. The zero-order valence-electron chi connectivity index (χ0n) is 6.11. The molecule has 6 heteroatoms. The second-order valence-corrected chi connectivity index (χ2v) is 2.12. The van der Waals surface area contributed by atoms with Crippen molar-refractivity contribution in [3.05, 3.63) is 29.0 Å². The number of hydrogen-bond acceptors (Lipinski definition) is 1. The molecule has 0 aromatic carbocycles. The van der Waals surface area contributed by atoms with Crippen molar-refractivity contribution in [1.29, 1.82) is 0 Å². The van der Waals surface area contributed by atoms with Gasteiger partial charge in [0.05, 0.1) is 5.69 Å². The number of alkyl halides is 3. The van der Waals surface area contributed by atoms with E-state index in [1.807, 2.05) is 0 Å². The monoisotopic (exact) mass is 187 g/mol. The van der Waals surface area contributed by atoms with Crippen molar-refractivity contribution in [3.63, 3.8) is 0 Å². The summed E-state index contributed by atoms with van der Waals surface area (Å²) < 4.78 is 35.5. The van der Waals surface area contributed by atoms with E-state index in [2.05, 4.69) is 11.1 Å². The van der Waals surface area contributed by atoms with Crippen molar-refractivity contribution < 1.29 is 32.0 Å². The first-order valence-electron chi connectivity index (χ1n) is 2.61. The Bertz CT molecular complexity index is 263. The molecule has 1 rings (SSSR count). The van der Waals surface area contributed by atoms with Gasteiger partial charge >= 0.3 is 25.0 Å². The molecule has 0 aliphatic heterocycles. The Kier molecular flexibility index (Phi) is 4.11. The topological polar surface area (TPSA) is 12.9 Å². The molecule has 12 heavy (non-hydrogen) atoms. The molecule has 0 saturated heterocycles. The van der Waals surface area contributed by atoms with Gasteiger partial charge in [0.2, 0.25) is 0 Å². The van der Waals surface area contributed by atoms with Crippen molar-refractivity contribution in [3.8, 4) is 0 Å². The maximum atomic E-state index is 11.8. The SMILES string of the molecule is FC(F)(F)c1cc[c-]c(Cl)n1.[Li+]. The quantitative estimate of drug-likeness (QED) is 0.305. The summed E-state index contributed by atoms with van der Waals surface area (Å²) in [6.07, 6.45) is -4.43. The molecule has 1 nitrogen and oxygen atoms in total. The van der Waals surface area contributed by atoms with Crippen LogP contribution in [0.25, 0.3) is 0 Å². The molecular formula is C6H2ClF3LiN. The van der Waals surface area contributed by atoms with Gasteiger partial charge in [-0.3, -0.25) is 4.98 Å². The molecule has 0 saturated carbocycles.